The van der Waals surface area contributed by atoms with Gasteiger partial charge in [0.05, 0.1) is 20.6 Å². The SMILES string of the molecule is COc1cccc(CC(=O)N2CCN(Cc3cc(F)ccc3OC)CC2)c1. The highest BCUT2D eigenvalue weighted by atomic mass is 19.1. The number of methoxy groups -OCH3 is 2. The molecule has 0 aromatic heterocycles. The Morgan fingerprint density at radius 1 is 1.04 bits per heavy atom. The third kappa shape index (κ3) is 4.98. The first kappa shape index (κ1) is 19.2. The molecule has 0 unspecified atom stereocenters. The van der Waals surface area contributed by atoms with Gasteiger partial charge < -0.3 is 14.4 Å². The normalized spacial score (nSPS) is 14.9. The minimum absolute atomic E-state index is 0.117. The predicted octanol–water partition coefficient (Wildman–Crippen LogP) is 2.73. The van der Waals surface area contributed by atoms with Crippen molar-refractivity contribution < 1.29 is 18.7 Å². The maximum Gasteiger partial charge on any atom is 0.227 e. The molecular formula is C21H25FN2O3. The van der Waals surface area contributed by atoms with Gasteiger partial charge in [-0.2, -0.15) is 0 Å². The summed E-state index contributed by atoms with van der Waals surface area (Å²) in [6, 6.07) is 12.2. The molecule has 1 heterocycles. The van der Waals surface area contributed by atoms with Gasteiger partial charge in [0, 0.05) is 38.3 Å². The van der Waals surface area contributed by atoms with Crippen LogP contribution in [0.1, 0.15) is 11.1 Å². The van der Waals surface area contributed by atoms with Crippen LogP contribution >= 0.6 is 0 Å². The van der Waals surface area contributed by atoms with Crippen LogP contribution in [0, 0.1) is 5.82 Å². The lowest BCUT2D eigenvalue weighted by Gasteiger charge is -2.35. The second-order valence-corrected chi connectivity index (χ2v) is 6.64. The van der Waals surface area contributed by atoms with E-state index in [1.807, 2.05) is 29.2 Å². The maximum absolute atomic E-state index is 13.5. The summed E-state index contributed by atoms with van der Waals surface area (Å²) in [5, 5.41) is 0. The monoisotopic (exact) mass is 372 g/mol. The van der Waals surface area contributed by atoms with Gasteiger partial charge in [-0.25, -0.2) is 4.39 Å². The van der Waals surface area contributed by atoms with Crippen LogP contribution in [0.5, 0.6) is 11.5 Å². The highest BCUT2D eigenvalue weighted by Crippen LogP contribution is 2.22. The van der Waals surface area contributed by atoms with Crippen molar-refractivity contribution in [2.24, 2.45) is 0 Å². The number of hydrogen-bond acceptors (Lipinski definition) is 4. The third-order valence-corrected chi connectivity index (χ3v) is 4.85. The second kappa shape index (κ2) is 8.86. The average molecular weight is 372 g/mol. The number of amides is 1. The first-order chi connectivity index (χ1) is 13.1. The maximum atomic E-state index is 13.5. The van der Waals surface area contributed by atoms with Gasteiger partial charge in [0.2, 0.25) is 5.91 Å². The van der Waals surface area contributed by atoms with E-state index in [9.17, 15) is 9.18 Å². The van der Waals surface area contributed by atoms with Crippen LogP contribution in [-0.4, -0.2) is 56.1 Å². The molecule has 1 aliphatic rings. The highest BCUT2D eigenvalue weighted by Gasteiger charge is 2.22. The number of carbonyl (C=O) groups is 1. The largest absolute Gasteiger partial charge is 0.497 e. The molecule has 1 amide bonds. The van der Waals surface area contributed by atoms with Crippen LogP contribution in [0.4, 0.5) is 4.39 Å². The lowest BCUT2D eigenvalue weighted by Crippen LogP contribution is -2.48. The van der Waals surface area contributed by atoms with Crippen molar-refractivity contribution in [2.45, 2.75) is 13.0 Å². The fourth-order valence-electron chi connectivity index (χ4n) is 3.34. The van der Waals surface area contributed by atoms with E-state index in [2.05, 4.69) is 4.90 Å². The van der Waals surface area contributed by atoms with E-state index in [1.54, 1.807) is 20.3 Å². The van der Waals surface area contributed by atoms with Gasteiger partial charge in [0.15, 0.2) is 0 Å². The van der Waals surface area contributed by atoms with Gasteiger partial charge in [-0.05, 0) is 35.9 Å². The molecule has 1 fully saturated rings. The summed E-state index contributed by atoms with van der Waals surface area (Å²) >= 11 is 0. The van der Waals surface area contributed by atoms with Gasteiger partial charge in [-0.3, -0.25) is 9.69 Å². The van der Waals surface area contributed by atoms with Gasteiger partial charge in [-0.1, -0.05) is 12.1 Å². The van der Waals surface area contributed by atoms with Crippen molar-refractivity contribution in [3.05, 3.63) is 59.4 Å². The minimum atomic E-state index is -0.266. The number of ether oxygens (including phenoxy) is 2. The number of halogens is 1. The summed E-state index contributed by atoms with van der Waals surface area (Å²) in [6.45, 7) is 3.45. The summed E-state index contributed by atoms with van der Waals surface area (Å²) in [5.74, 6) is 1.30. The summed E-state index contributed by atoms with van der Waals surface area (Å²) in [5.41, 5.74) is 1.78. The van der Waals surface area contributed by atoms with Crippen molar-refractivity contribution in [2.75, 3.05) is 40.4 Å². The lowest BCUT2D eigenvalue weighted by molar-refractivity contribution is -0.132. The molecule has 2 aromatic carbocycles. The summed E-state index contributed by atoms with van der Waals surface area (Å²) < 4.78 is 24.1. The highest BCUT2D eigenvalue weighted by molar-refractivity contribution is 5.79. The Kier molecular flexibility index (Phi) is 6.29. The number of rotatable bonds is 6. The van der Waals surface area contributed by atoms with Crippen LogP contribution in [0.15, 0.2) is 42.5 Å². The molecule has 0 spiro atoms. The number of hydrogen-bond donors (Lipinski definition) is 0. The molecule has 0 bridgehead atoms. The van der Waals surface area contributed by atoms with E-state index in [4.69, 9.17) is 9.47 Å². The van der Waals surface area contributed by atoms with E-state index in [-0.39, 0.29) is 11.7 Å². The van der Waals surface area contributed by atoms with Crippen LogP contribution < -0.4 is 9.47 Å². The fraction of sp³-hybridized carbons (Fsp3) is 0.381. The molecule has 0 atom stereocenters. The fourth-order valence-corrected chi connectivity index (χ4v) is 3.34. The quantitative estimate of drug-likeness (QED) is 0.782. The van der Waals surface area contributed by atoms with Crippen molar-refractivity contribution in [1.82, 2.24) is 9.80 Å². The van der Waals surface area contributed by atoms with Crippen molar-refractivity contribution >= 4 is 5.91 Å². The van der Waals surface area contributed by atoms with Crippen molar-refractivity contribution in [3.63, 3.8) is 0 Å². The van der Waals surface area contributed by atoms with Gasteiger partial charge in [-0.15, -0.1) is 0 Å². The molecule has 0 saturated carbocycles. The number of carbonyl (C=O) groups excluding carboxylic acids is 1. The molecule has 1 saturated heterocycles. The zero-order valence-corrected chi connectivity index (χ0v) is 15.8. The van der Waals surface area contributed by atoms with Crippen molar-refractivity contribution in [3.8, 4) is 11.5 Å². The second-order valence-electron chi connectivity index (χ2n) is 6.64. The topological polar surface area (TPSA) is 42.0 Å². The van der Waals surface area contributed by atoms with E-state index in [0.29, 0.717) is 31.8 Å². The zero-order chi connectivity index (χ0) is 19.2. The van der Waals surface area contributed by atoms with Crippen LogP contribution in [0.3, 0.4) is 0 Å². The first-order valence-electron chi connectivity index (χ1n) is 9.04. The molecule has 27 heavy (non-hydrogen) atoms. The van der Waals surface area contributed by atoms with Crippen LogP contribution in [0.2, 0.25) is 0 Å². The first-order valence-corrected chi connectivity index (χ1v) is 9.04. The van der Waals surface area contributed by atoms with E-state index in [1.165, 1.54) is 12.1 Å². The minimum Gasteiger partial charge on any atom is -0.497 e. The van der Waals surface area contributed by atoms with Gasteiger partial charge in [0.1, 0.15) is 17.3 Å². The number of benzene rings is 2. The number of piperazine rings is 1. The Hall–Kier alpha value is -2.60. The zero-order valence-electron chi connectivity index (χ0n) is 15.8. The summed E-state index contributed by atoms with van der Waals surface area (Å²) in [4.78, 5) is 16.7. The number of nitrogens with zero attached hydrogens (tertiary/aromatic N) is 2. The molecular weight excluding hydrogens is 347 g/mol. The molecule has 0 radical (unpaired) electrons. The predicted molar refractivity (Wildman–Crippen MR) is 102 cm³/mol. The Morgan fingerprint density at radius 3 is 2.52 bits per heavy atom. The standard InChI is InChI=1S/C21H25FN2O3/c1-26-19-5-3-4-16(12-19)13-21(25)24-10-8-23(9-11-24)15-17-14-18(22)6-7-20(17)27-2/h3-7,12,14H,8-11,13,15H2,1-2H3. The molecule has 5 nitrogen and oxygen atoms in total. The third-order valence-electron chi connectivity index (χ3n) is 4.85. The van der Waals surface area contributed by atoms with E-state index in [0.717, 1.165) is 30.0 Å². The smallest absolute Gasteiger partial charge is 0.227 e. The Balaban J connectivity index is 1.54. The van der Waals surface area contributed by atoms with Gasteiger partial charge in [0.25, 0.3) is 0 Å². The van der Waals surface area contributed by atoms with Crippen LogP contribution in [-0.2, 0) is 17.8 Å². The lowest BCUT2D eigenvalue weighted by atomic mass is 10.1. The van der Waals surface area contributed by atoms with Gasteiger partial charge >= 0.3 is 0 Å². The Labute approximate surface area is 159 Å². The van der Waals surface area contributed by atoms with Crippen molar-refractivity contribution in [1.29, 1.82) is 0 Å². The molecule has 0 aliphatic carbocycles. The molecule has 144 valence electrons. The Bertz CT molecular complexity index is 789. The molecule has 3 rings (SSSR count). The Morgan fingerprint density at radius 2 is 1.81 bits per heavy atom. The molecule has 1 aliphatic heterocycles. The van der Waals surface area contributed by atoms with E-state index >= 15 is 0 Å². The average Bonchev–Trinajstić information content (AvgIpc) is 2.69. The summed E-state index contributed by atoms with van der Waals surface area (Å²) in [6.07, 6.45) is 0.370. The van der Waals surface area contributed by atoms with Crippen LogP contribution in [0.25, 0.3) is 0 Å². The summed E-state index contributed by atoms with van der Waals surface area (Å²) in [7, 11) is 3.21. The molecule has 2 aromatic rings. The molecule has 0 N–H and O–H groups in total. The molecule has 6 heteroatoms. The van der Waals surface area contributed by atoms with E-state index < -0.39 is 0 Å².